The third-order valence-corrected chi connectivity index (χ3v) is 7.53. The quantitative estimate of drug-likeness (QED) is 0.625. The number of fused-ring (bicyclic) bond motifs is 3. The summed E-state index contributed by atoms with van der Waals surface area (Å²) < 4.78 is 15.6. The molecule has 162 valence electrons. The van der Waals surface area contributed by atoms with Crippen LogP contribution in [0.4, 0.5) is 10.1 Å². The van der Waals surface area contributed by atoms with Gasteiger partial charge < -0.3 is 9.80 Å². The van der Waals surface area contributed by atoms with Crippen molar-refractivity contribution < 1.29 is 9.18 Å². The van der Waals surface area contributed by atoms with Crippen molar-refractivity contribution in [2.45, 2.75) is 38.6 Å². The third-order valence-electron chi connectivity index (χ3n) is 6.33. The van der Waals surface area contributed by atoms with Gasteiger partial charge in [-0.3, -0.25) is 14.2 Å². The Labute approximate surface area is 183 Å². The van der Waals surface area contributed by atoms with E-state index in [1.807, 2.05) is 11.0 Å². The minimum absolute atomic E-state index is 0.0209. The number of rotatable bonds is 4. The fourth-order valence-corrected chi connectivity index (χ4v) is 5.84. The highest BCUT2D eigenvalue weighted by molar-refractivity contribution is 7.18. The molecule has 2 aliphatic rings. The number of benzene rings is 1. The lowest BCUT2D eigenvalue weighted by Crippen LogP contribution is -2.49. The van der Waals surface area contributed by atoms with Crippen LogP contribution in [0.3, 0.4) is 0 Å². The molecule has 3 aromatic rings. The lowest BCUT2D eigenvalue weighted by atomic mass is 9.97. The van der Waals surface area contributed by atoms with E-state index in [1.165, 1.54) is 22.9 Å². The molecule has 0 bridgehead atoms. The van der Waals surface area contributed by atoms with Crippen LogP contribution in [0.15, 0.2) is 35.4 Å². The Bertz CT molecular complexity index is 1180. The van der Waals surface area contributed by atoms with Crippen molar-refractivity contribution in [3.8, 4) is 0 Å². The van der Waals surface area contributed by atoms with Crippen molar-refractivity contribution in [3.63, 3.8) is 0 Å². The zero-order valence-electron chi connectivity index (χ0n) is 17.3. The van der Waals surface area contributed by atoms with Gasteiger partial charge in [-0.25, -0.2) is 9.37 Å². The van der Waals surface area contributed by atoms with Gasteiger partial charge in [0.2, 0.25) is 5.91 Å². The summed E-state index contributed by atoms with van der Waals surface area (Å²) in [5.41, 5.74) is 1.73. The number of carbonyl (C=O) groups excluding carboxylic acids is 1. The van der Waals surface area contributed by atoms with Gasteiger partial charge in [0.15, 0.2) is 0 Å². The molecule has 0 N–H and O–H groups in total. The molecule has 1 aromatic carbocycles. The van der Waals surface area contributed by atoms with Crippen LogP contribution in [0, 0.1) is 5.82 Å². The second-order valence-electron chi connectivity index (χ2n) is 8.20. The van der Waals surface area contributed by atoms with Gasteiger partial charge in [0, 0.05) is 44.0 Å². The van der Waals surface area contributed by atoms with Crippen LogP contribution in [-0.4, -0.2) is 46.5 Å². The molecule has 1 aliphatic heterocycles. The van der Waals surface area contributed by atoms with Crippen LogP contribution in [0.2, 0.25) is 0 Å². The Morgan fingerprint density at radius 3 is 2.68 bits per heavy atom. The van der Waals surface area contributed by atoms with Crippen LogP contribution in [-0.2, 0) is 24.2 Å². The molecule has 5 rings (SSSR count). The minimum Gasteiger partial charge on any atom is -0.366 e. The van der Waals surface area contributed by atoms with E-state index in [2.05, 4.69) is 4.98 Å². The summed E-state index contributed by atoms with van der Waals surface area (Å²) in [6, 6.07) is 6.73. The number of thiophene rings is 1. The Hall–Kier alpha value is -2.74. The standard InChI is InChI=1S/C23H25FN4O2S/c24-17-6-2-3-7-18(17)26-11-13-27(14-12-26)20(29)9-10-28-15-25-22-21(23(28)30)16-5-1-4-8-19(16)31-22/h2-3,6-7,15H,1,4-5,8-14H2. The number of hydrogen-bond acceptors (Lipinski definition) is 5. The number of hydrogen-bond donors (Lipinski definition) is 0. The number of anilines is 1. The molecule has 6 nitrogen and oxygen atoms in total. The van der Waals surface area contributed by atoms with Crippen molar-refractivity contribution in [1.82, 2.24) is 14.5 Å². The normalized spacial score (nSPS) is 16.5. The average molecular weight is 441 g/mol. The molecule has 1 fully saturated rings. The fourth-order valence-electron chi connectivity index (χ4n) is 4.62. The largest absolute Gasteiger partial charge is 0.366 e. The minimum atomic E-state index is -0.236. The maximum Gasteiger partial charge on any atom is 0.262 e. The number of nitrogens with zero attached hydrogens (tertiary/aromatic N) is 4. The smallest absolute Gasteiger partial charge is 0.262 e. The summed E-state index contributed by atoms with van der Waals surface area (Å²) in [6.07, 6.45) is 6.11. The SMILES string of the molecule is O=C(CCn1cnc2sc3c(c2c1=O)CCCC3)N1CCN(c2ccccc2F)CC1. The Morgan fingerprint density at radius 2 is 1.87 bits per heavy atom. The van der Waals surface area contributed by atoms with Gasteiger partial charge >= 0.3 is 0 Å². The van der Waals surface area contributed by atoms with E-state index in [1.54, 1.807) is 39.3 Å². The van der Waals surface area contributed by atoms with E-state index in [0.717, 1.165) is 29.5 Å². The highest BCUT2D eigenvalue weighted by atomic mass is 32.1. The topological polar surface area (TPSA) is 58.4 Å². The first-order chi connectivity index (χ1) is 15.1. The summed E-state index contributed by atoms with van der Waals surface area (Å²) in [7, 11) is 0. The number of halogens is 1. The molecule has 2 aromatic heterocycles. The monoisotopic (exact) mass is 440 g/mol. The third kappa shape index (κ3) is 3.84. The Balaban J connectivity index is 1.23. The molecule has 0 radical (unpaired) electrons. The molecular weight excluding hydrogens is 415 g/mol. The maximum absolute atomic E-state index is 14.0. The predicted molar refractivity (Wildman–Crippen MR) is 120 cm³/mol. The first-order valence-electron chi connectivity index (χ1n) is 10.9. The zero-order chi connectivity index (χ0) is 21.4. The summed E-state index contributed by atoms with van der Waals surface area (Å²) in [6.45, 7) is 2.63. The Kier molecular flexibility index (Phi) is 5.48. The molecule has 3 heterocycles. The molecule has 1 saturated heterocycles. The van der Waals surface area contributed by atoms with Gasteiger partial charge in [-0.05, 0) is 43.4 Å². The first-order valence-corrected chi connectivity index (χ1v) is 11.7. The lowest BCUT2D eigenvalue weighted by molar-refractivity contribution is -0.131. The van der Waals surface area contributed by atoms with Crippen molar-refractivity contribution in [3.05, 3.63) is 57.2 Å². The number of amides is 1. The molecule has 1 amide bonds. The summed E-state index contributed by atoms with van der Waals surface area (Å²) in [4.78, 5) is 36.2. The maximum atomic E-state index is 14.0. The molecular formula is C23H25FN4O2S. The molecule has 0 unspecified atom stereocenters. The van der Waals surface area contributed by atoms with Gasteiger partial charge in [0.1, 0.15) is 10.6 Å². The van der Waals surface area contributed by atoms with E-state index in [-0.39, 0.29) is 23.7 Å². The van der Waals surface area contributed by atoms with Crippen LogP contribution in [0.1, 0.15) is 29.7 Å². The number of piperazine rings is 1. The van der Waals surface area contributed by atoms with Gasteiger partial charge in [-0.2, -0.15) is 0 Å². The van der Waals surface area contributed by atoms with Crippen LogP contribution < -0.4 is 10.5 Å². The van der Waals surface area contributed by atoms with Crippen molar-refractivity contribution >= 4 is 33.1 Å². The highest BCUT2D eigenvalue weighted by Crippen LogP contribution is 2.33. The molecule has 31 heavy (non-hydrogen) atoms. The summed E-state index contributed by atoms with van der Waals surface area (Å²) in [5, 5.41) is 0.758. The number of carbonyl (C=O) groups is 1. The second-order valence-corrected chi connectivity index (χ2v) is 9.29. The van der Waals surface area contributed by atoms with Crippen molar-refractivity contribution in [2.75, 3.05) is 31.1 Å². The number of aryl methyl sites for hydroxylation is 3. The van der Waals surface area contributed by atoms with Crippen LogP contribution in [0.25, 0.3) is 10.2 Å². The zero-order valence-corrected chi connectivity index (χ0v) is 18.2. The molecule has 0 spiro atoms. The Morgan fingerprint density at radius 1 is 1.10 bits per heavy atom. The van der Waals surface area contributed by atoms with Gasteiger partial charge in [-0.1, -0.05) is 12.1 Å². The lowest BCUT2D eigenvalue weighted by Gasteiger charge is -2.36. The molecule has 8 heteroatoms. The van der Waals surface area contributed by atoms with Gasteiger partial charge in [0.05, 0.1) is 17.4 Å². The van der Waals surface area contributed by atoms with Crippen molar-refractivity contribution in [2.24, 2.45) is 0 Å². The highest BCUT2D eigenvalue weighted by Gasteiger charge is 2.23. The first kappa shape index (κ1) is 20.2. The molecule has 0 saturated carbocycles. The van der Waals surface area contributed by atoms with E-state index in [0.29, 0.717) is 38.4 Å². The van der Waals surface area contributed by atoms with Gasteiger partial charge in [-0.15, -0.1) is 11.3 Å². The number of aromatic nitrogens is 2. The summed E-state index contributed by atoms with van der Waals surface area (Å²) >= 11 is 1.64. The van der Waals surface area contributed by atoms with Crippen LogP contribution in [0.5, 0.6) is 0 Å². The fraction of sp³-hybridized carbons (Fsp3) is 0.435. The van der Waals surface area contributed by atoms with Crippen LogP contribution >= 0.6 is 11.3 Å². The van der Waals surface area contributed by atoms with E-state index < -0.39 is 0 Å². The van der Waals surface area contributed by atoms with E-state index >= 15 is 0 Å². The average Bonchev–Trinajstić information content (AvgIpc) is 3.18. The second kappa shape index (κ2) is 8.42. The van der Waals surface area contributed by atoms with E-state index in [4.69, 9.17) is 0 Å². The molecule has 0 atom stereocenters. The van der Waals surface area contributed by atoms with E-state index in [9.17, 15) is 14.0 Å². The van der Waals surface area contributed by atoms with Gasteiger partial charge in [0.25, 0.3) is 5.56 Å². The summed E-state index contributed by atoms with van der Waals surface area (Å²) in [5.74, 6) is -0.215. The predicted octanol–water partition coefficient (Wildman–Crippen LogP) is 3.21. The molecule has 1 aliphatic carbocycles. The number of para-hydroxylation sites is 1. The van der Waals surface area contributed by atoms with Crippen molar-refractivity contribution in [1.29, 1.82) is 0 Å².